The van der Waals surface area contributed by atoms with Crippen molar-refractivity contribution in [2.24, 2.45) is 5.73 Å². The minimum atomic E-state index is -0.231. The van der Waals surface area contributed by atoms with E-state index < -0.39 is 0 Å². The molecule has 0 bridgehead atoms. The highest BCUT2D eigenvalue weighted by molar-refractivity contribution is 6.31. The average Bonchev–Trinajstić information content (AvgIpc) is 2.76. The van der Waals surface area contributed by atoms with Crippen molar-refractivity contribution in [2.75, 3.05) is 0 Å². The van der Waals surface area contributed by atoms with Crippen LogP contribution in [0.25, 0.3) is 0 Å². The summed E-state index contributed by atoms with van der Waals surface area (Å²) in [5.41, 5.74) is 9.30. The van der Waals surface area contributed by atoms with Gasteiger partial charge in [-0.2, -0.15) is 5.10 Å². The minimum Gasteiger partial charge on any atom is -0.319 e. The SMILES string of the molecule is CCn1nccc1C(N)c1ccc(C)cc1Cl. The van der Waals surface area contributed by atoms with Gasteiger partial charge in [0.1, 0.15) is 0 Å². The Morgan fingerprint density at radius 2 is 2.18 bits per heavy atom. The van der Waals surface area contributed by atoms with E-state index in [1.807, 2.05) is 42.8 Å². The summed E-state index contributed by atoms with van der Waals surface area (Å²) >= 11 is 6.23. The quantitative estimate of drug-likeness (QED) is 0.909. The fourth-order valence-corrected chi connectivity index (χ4v) is 2.27. The third-order valence-electron chi connectivity index (χ3n) is 2.86. The maximum atomic E-state index is 6.24. The highest BCUT2D eigenvalue weighted by Crippen LogP contribution is 2.27. The van der Waals surface area contributed by atoms with Crippen LogP contribution < -0.4 is 5.73 Å². The second-order valence-electron chi connectivity index (χ2n) is 4.07. The molecule has 1 atom stereocenters. The minimum absolute atomic E-state index is 0.231. The van der Waals surface area contributed by atoms with E-state index in [0.717, 1.165) is 23.4 Å². The van der Waals surface area contributed by atoms with Crippen molar-refractivity contribution in [1.82, 2.24) is 9.78 Å². The van der Waals surface area contributed by atoms with Crippen LogP contribution in [0.3, 0.4) is 0 Å². The third kappa shape index (κ3) is 2.35. The van der Waals surface area contributed by atoms with Crippen molar-refractivity contribution in [3.8, 4) is 0 Å². The highest BCUT2D eigenvalue weighted by atomic mass is 35.5. The van der Waals surface area contributed by atoms with Crippen LogP contribution in [0.15, 0.2) is 30.5 Å². The van der Waals surface area contributed by atoms with Gasteiger partial charge < -0.3 is 5.73 Å². The number of halogens is 1. The fourth-order valence-electron chi connectivity index (χ4n) is 1.92. The topological polar surface area (TPSA) is 43.8 Å². The average molecular weight is 250 g/mol. The van der Waals surface area contributed by atoms with Crippen LogP contribution in [-0.4, -0.2) is 9.78 Å². The molecule has 90 valence electrons. The molecule has 2 aromatic rings. The van der Waals surface area contributed by atoms with Gasteiger partial charge in [-0.15, -0.1) is 0 Å². The van der Waals surface area contributed by atoms with E-state index in [1.54, 1.807) is 6.20 Å². The van der Waals surface area contributed by atoms with Crippen LogP contribution in [0.4, 0.5) is 0 Å². The Morgan fingerprint density at radius 3 is 2.82 bits per heavy atom. The second-order valence-corrected chi connectivity index (χ2v) is 4.48. The zero-order valence-electron chi connectivity index (χ0n) is 10.0. The number of rotatable bonds is 3. The predicted molar refractivity (Wildman–Crippen MR) is 70.1 cm³/mol. The number of benzene rings is 1. The van der Waals surface area contributed by atoms with Gasteiger partial charge >= 0.3 is 0 Å². The normalized spacial score (nSPS) is 12.7. The van der Waals surface area contributed by atoms with E-state index in [1.165, 1.54) is 0 Å². The summed E-state index contributed by atoms with van der Waals surface area (Å²) in [5, 5.41) is 4.93. The predicted octanol–water partition coefficient (Wildman–Crippen LogP) is 2.91. The van der Waals surface area contributed by atoms with E-state index in [9.17, 15) is 0 Å². The zero-order chi connectivity index (χ0) is 12.4. The molecule has 0 aliphatic carbocycles. The molecule has 1 heterocycles. The van der Waals surface area contributed by atoms with E-state index in [4.69, 9.17) is 17.3 Å². The molecule has 1 aromatic heterocycles. The maximum absolute atomic E-state index is 6.24. The number of nitrogens with two attached hydrogens (primary N) is 1. The number of nitrogens with zero attached hydrogens (tertiary/aromatic N) is 2. The molecular formula is C13H16ClN3. The Labute approximate surface area is 106 Å². The van der Waals surface area contributed by atoms with Gasteiger partial charge in [0.25, 0.3) is 0 Å². The van der Waals surface area contributed by atoms with Gasteiger partial charge in [0.2, 0.25) is 0 Å². The van der Waals surface area contributed by atoms with Crippen molar-refractivity contribution in [2.45, 2.75) is 26.4 Å². The molecule has 3 nitrogen and oxygen atoms in total. The summed E-state index contributed by atoms with van der Waals surface area (Å²) < 4.78 is 1.89. The number of aromatic nitrogens is 2. The van der Waals surface area contributed by atoms with Crippen LogP contribution in [0.2, 0.25) is 5.02 Å². The summed E-state index contributed by atoms with van der Waals surface area (Å²) in [7, 11) is 0. The van der Waals surface area contributed by atoms with Crippen molar-refractivity contribution < 1.29 is 0 Å². The third-order valence-corrected chi connectivity index (χ3v) is 3.19. The lowest BCUT2D eigenvalue weighted by molar-refractivity contribution is 0.601. The lowest BCUT2D eigenvalue weighted by atomic mass is 10.0. The van der Waals surface area contributed by atoms with Crippen LogP contribution in [-0.2, 0) is 6.54 Å². The monoisotopic (exact) mass is 249 g/mol. The first-order valence-corrected chi connectivity index (χ1v) is 6.04. The molecule has 0 saturated carbocycles. The largest absolute Gasteiger partial charge is 0.319 e. The van der Waals surface area contributed by atoms with Gasteiger partial charge in [0.15, 0.2) is 0 Å². The molecule has 0 saturated heterocycles. The summed E-state index contributed by atoms with van der Waals surface area (Å²) in [6.07, 6.45) is 1.76. The molecule has 0 radical (unpaired) electrons. The smallest absolute Gasteiger partial charge is 0.0737 e. The van der Waals surface area contributed by atoms with Crippen LogP contribution in [0.1, 0.15) is 29.8 Å². The van der Waals surface area contributed by atoms with Crippen LogP contribution in [0.5, 0.6) is 0 Å². The summed E-state index contributed by atoms with van der Waals surface area (Å²) in [6.45, 7) is 4.86. The van der Waals surface area contributed by atoms with Gasteiger partial charge in [-0.1, -0.05) is 23.7 Å². The van der Waals surface area contributed by atoms with Crippen LogP contribution >= 0.6 is 11.6 Å². The van der Waals surface area contributed by atoms with Crippen molar-refractivity contribution in [3.05, 3.63) is 52.3 Å². The molecule has 17 heavy (non-hydrogen) atoms. The summed E-state index contributed by atoms with van der Waals surface area (Å²) in [5.74, 6) is 0. The van der Waals surface area contributed by atoms with E-state index in [2.05, 4.69) is 5.10 Å². The zero-order valence-corrected chi connectivity index (χ0v) is 10.8. The standard InChI is InChI=1S/C13H16ClN3/c1-3-17-12(6-7-16-17)13(15)10-5-4-9(2)8-11(10)14/h4-8,13H,3,15H2,1-2H3. The second kappa shape index (κ2) is 4.90. The first-order chi connectivity index (χ1) is 8.13. The van der Waals surface area contributed by atoms with E-state index in [-0.39, 0.29) is 6.04 Å². The number of aryl methyl sites for hydroxylation is 2. The molecule has 0 spiro atoms. The molecule has 0 aliphatic rings. The Kier molecular flexibility index (Phi) is 3.50. The van der Waals surface area contributed by atoms with Gasteiger partial charge in [-0.3, -0.25) is 4.68 Å². The lowest BCUT2D eigenvalue weighted by Crippen LogP contribution is -2.17. The molecule has 4 heteroatoms. The molecule has 0 aliphatic heterocycles. The Balaban J connectivity index is 2.40. The Morgan fingerprint density at radius 1 is 1.41 bits per heavy atom. The van der Waals surface area contributed by atoms with Crippen molar-refractivity contribution in [1.29, 1.82) is 0 Å². The lowest BCUT2D eigenvalue weighted by Gasteiger charge is -2.15. The number of hydrogen-bond acceptors (Lipinski definition) is 2. The maximum Gasteiger partial charge on any atom is 0.0737 e. The highest BCUT2D eigenvalue weighted by Gasteiger charge is 2.16. The van der Waals surface area contributed by atoms with Gasteiger partial charge in [-0.05, 0) is 37.1 Å². The number of hydrogen-bond donors (Lipinski definition) is 1. The van der Waals surface area contributed by atoms with E-state index >= 15 is 0 Å². The van der Waals surface area contributed by atoms with Crippen LogP contribution in [0, 0.1) is 6.92 Å². The molecule has 0 fully saturated rings. The first-order valence-electron chi connectivity index (χ1n) is 5.66. The molecule has 2 rings (SSSR count). The summed E-state index contributed by atoms with van der Waals surface area (Å²) in [6, 6.07) is 7.64. The molecule has 1 aromatic carbocycles. The molecule has 2 N–H and O–H groups in total. The van der Waals surface area contributed by atoms with Crippen molar-refractivity contribution >= 4 is 11.6 Å². The van der Waals surface area contributed by atoms with Gasteiger partial charge in [-0.25, -0.2) is 0 Å². The Bertz CT molecular complexity index is 519. The Hall–Kier alpha value is -1.32. The molecule has 0 amide bonds. The molecule has 1 unspecified atom stereocenters. The van der Waals surface area contributed by atoms with Gasteiger partial charge in [0.05, 0.1) is 11.7 Å². The molecular weight excluding hydrogens is 234 g/mol. The first kappa shape index (κ1) is 12.1. The van der Waals surface area contributed by atoms with Gasteiger partial charge in [0, 0.05) is 17.8 Å². The van der Waals surface area contributed by atoms with Crippen molar-refractivity contribution in [3.63, 3.8) is 0 Å². The summed E-state index contributed by atoms with van der Waals surface area (Å²) in [4.78, 5) is 0. The fraction of sp³-hybridized carbons (Fsp3) is 0.308. The van der Waals surface area contributed by atoms with E-state index in [0.29, 0.717) is 5.02 Å².